The average Bonchev–Trinajstić information content (AvgIpc) is 2.41. The van der Waals surface area contributed by atoms with E-state index in [9.17, 15) is 15.2 Å². The van der Waals surface area contributed by atoms with Crippen molar-refractivity contribution in [1.82, 2.24) is 0 Å². The minimum absolute atomic E-state index is 0.0186. The minimum Gasteiger partial charge on any atom is -0.456 e. The number of nitrogens with zero attached hydrogens (tertiary/aromatic N) is 1. The number of benzene rings is 2. The van der Waals surface area contributed by atoms with E-state index in [-0.39, 0.29) is 5.69 Å². The van der Waals surface area contributed by atoms with Crippen molar-refractivity contribution in [2.45, 2.75) is 26.9 Å². The second kappa shape index (κ2) is 5.93. The van der Waals surface area contributed by atoms with Crippen LogP contribution in [0.4, 0.5) is 5.69 Å². The van der Waals surface area contributed by atoms with Crippen LogP contribution in [0.15, 0.2) is 36.4 Å². The molecule has 0 saturated carbocycles. The van der Waals surface area contributed by atoms with Crippen LogP contribution in [0.3, 0.4) is 0 Å². The molecule has 110 valence electrons. The zero-order valence-corrected chi connectivity index (χ0v) is 12.2. The molecule has 1 N–H and O–H groups in total. The molecule has 0 fully saturated rings. The van der Waals surface area contributed by atoms with Gasteiger partial charge in [-0.3, -0.25) is 10.1 Å². The summed E-state index contributed by atoms with van der Waals surface area (Å²) in [5.74, 6) is 0.911. The number of rotatable bonds is 4. The zero-order valence-electron chi connectivity index (χ0n) is 12.2. The molecule has 2 aromatic carbocycles. The van der Waals surface area contributed by atoms with Crippen molar-refractivity contribution in [1.29, 1.82) is 0 Å². The Hall–Kier alpha value is -2.40. The Kier molecular flexibility index (Phi) is 4.23. The molecule has 2 rings (SSSR count). The third-order valence-electron chi connectivity index (χ3n) is 3.28. The van der Waals surface area contributed by atoms with Crippen LogP contribution in [0, 0.1) is 24.0 Å². The molecule has 21 heavy (non-hydrogen) atoms. The van der Waals surface area contributed by atoms with E-state index < -0.39 is 11.0 Å². The first-order chi connectivity index (χ1) is 9.90. The molecule has 5 heteroatoms. The van der Waals surface area contributed by atoms with Gasteiger partial charge in [0.2, 0.25) is 0 Å². The quantitative estimate of drug-likeness (QED) is 0.680. The standard InChI is InChI=1S/C16H17NO4/c1-10-8-11(2)16(9-14(10)17(19)20)21-15-7-5-4-6-13(15)12(3)18/h4-9,12,18H,1-3H3. The van der Waals surface area contributed by atoms with Gasteiger partial charge in [0.05, 0.1) is 17.1 Å². The second-order valence-corrected chi connectivity index (χ2v) is 4.98. The molecule has 0 aromatic heterocycles. The highest BCUT2D eigenvalue weighted by Gasteiger charge is 2.16. The first kappa shape index (κ1) is 15.0. The highest BCUT2D eigenvalue weighted by atomic mass is 16.6. The normalized spacial score (nSPS) is 12.0. The first-order valence-electron chi connectivity index (χ1n) is 6.60. The molecule has 0 spiro atoms. The minimum atomic E-state index is -0.679. The summed E-state index contributed by atoms with van der Waals surface area (Å²) in [4.78, 5) is 10.6. The molecule has 0 bridgehead atoms. The van der Waals surface area contributed by atoms with E-state index in [1.165, 1.54) is 6.07 Å². The number of hydrogen-bond donors (Lipinski definition) is 1. The number of hydrogen-bond acceptors (Lipinski definition) is 4. The molecule has 0 aliphatic carbocycles. The highest BCUT2D eigenvalue weighted by molar-refractivity contribution is 5.51. The molecular formula is C16H17NO4. The number of ether oxygens (including phenoxy) is 1. The van der Waals surface area contributed by atoms with Gasteiger partial charge < -0.3 is 9.84 Å². The fourth-order valence-electron chi connectivity index (χ4n) is 2.17. The van der Waals surface area contributed by atoms with Gasteiger partial charge in [0.1, 0.15) is 11.5 Å². The van der Waals surface area contributed by atoms with Crippen molar-refractivity contribution >= 4 is 5.69 Å². The molecule has 0 heterocycles. The number of aliphatic hydroxyl groups is 1. The van der Waals surface area contributed by atoms with Crippen molar-refractivity contribution < 1.29 is 14.8 Å². The molecule has 0 aliphatic rings. The van der Waals surface area contributed by atoms with E-state index in [4.69, 9.17) is 4.74 Å². The molecule has 5 nitrogen and oxygen atoms in total. The molecule has 0 radical (unpaired) electrons. The lowest BCUT2D eigenvalue weighted by molar-refractivity contribution is -0.385. The number of aliphatic hydroxyl groups excluding tert-OH is 1. The van der Waals surface area contributed by atoms with Crippen molar-refractivity contribution in [3.8, 4) is 11.5 Å². The van der Waals surface area contributed by atoms with Gasteiger partial charge in [0.15, 0.2) is 0 Å². The summed E-state index contributed by atoms with van der Waals surface area (Å²) in [6.07, 6.45) is -0.679. The van der Waals surface area contributed by atoms with Crippen molar-refractivity contribution in [2.24, 2.45) is 0 Å². The fourth-order valence-corrected chi connectivity index (χ4v) is 2.17. The molecule has 0 aliphatic heterocycles. The number of nitro groups is 1. The maximum atomic E-state index is 11.0. The molecular weight excluding hydrogens is 270 g/mol. The van der Waals surface area contributed by atoms with E-state index in [0.717, 1.165) is 5.56 Å². The lowest BCUT2D eigenvalue weighted by atomic mass is 10.1. The Bertz CT molecular complexity index is 680. The Morgan fingerprint density at radius 2 is 1.81 bits per heavy atom. The summed E-state index contributed by atoms with van der Waals surface area (Å²) in [5.41, 5.74) is 2.05. The number of para-hydroxylation sites is 1. The topological polar surface area (TPSA) is 72.6 Å². The van der Waals surface area contributed by atoms with Crippen LogP contribution in [-0.4, -0.2) is 10.0 Å². The summed E-state index contributed by atoms with van der Waals surface area (Å²) < 4.78 is 5.78. The largest absolute Gasteiger partial charge is 0.456 e. The number of aryl methyl sites for hydroxylation is 2. The third-order valence-corrected chi connectivity index (χ3v) is 3.28. The monoisotopic (exact) mass is 287 g/mol. The fraction of sp³-hybridized carbons (Fsp3) is 0.250. The Balaban J connectivity index is 2.45. The summed E-state index contributed by atoms with van der Waals surface area (Å²) in [5, 5.41) is 20.8. The van der Waals surface area contributed by atoms with Crippen molar-refractivity contribution in [2.75, 3.05) is 0 Å². The van der Waals surface area contributed by atoms with E-state index in [1.807, 2.05) is 6.92 Å². The van der Waals surface area contributed by atoms with Gasteiger partial charge in [-0.2, -0.15) is 0 Å². The van der Waals surface area contributed by atoms with Crippen LogP contribution in [0.5, 0.6) is 11.5 Å². The van der Waals surface area contributed by atoms with Crippen LogP contribution in [0.1, 0.15) is 29.7 Å². The van der Waals surface area contributed by atoms with E-state index in [1.54, 1.807) is 44.2 Å². The second-order valence-electron chi connectivity index (χ2n) is 4.98. The molecule has 1 atom stereocenters. The average molecular weight is 287 g/mol. The van der Waals surface area contributed by atoms with Crippen LogP contribution in [0.25, 0.3) is 0 Å². The molecule has 2 aromatic rings. The lowest BCUT2D eigenvalue weighted by Crippen LogP contribution is -1.98. The van der Waals surface area contributed by atoms with Gasteiger partial charge in [0.25, 0.3) is 5.69 Å². The summed E-state index contributed by atoms with van der Waals surface area (Å²) in [6.45, 7) is 5.17. The number of nitro benzene ring substituents is 1. The van der Waals surface area contributed by atoms with Crippen LogP contribution >= 0.6 is 0 Å². The first-order valence-corrected chi connectivity index (χ1v) is 6.60. The maximum absolute atomic E-state index is 11.0. The maximum Gasteiger partial charge on any atom is 0.276 e. The lowest BCUT2D eigenvalue weighted by Gasteiger charge is -2.14. The third kappa shape index (κ3) is 3.20. The van der Waals surface area contributed by atoms with Gasteiger partial charge in [-0.25, -0.2) is 0 Å². The smallest absolute Gasteiger partial charge is 0.276 e. The van der Waals surface area contributed by atoms with Gasteiger partial charge >= 0.3 is 0 Å². The van der Waals surface area contributed by atoms with E-state index in [2.05, 4.69) is 0 Å². The van der Waals surface area contributed by atoms with Gasteiger partial charge in [-0.1, -0.05) is 18.2 Å². The van der Waals surface area contributed by atoms with Crippen LogP contribution in [0.2, 0.25) is 0 Å². The van der Waals surface area contributed by atoms with Crippen LogP contribution < -0.4 is 4.74 Å². The molecule has 0 amide bonds. The predicted octanol–water partition coefficient (Wildman–Crippen LogP) is 4.06. The zero-order chi connectivity index (χ0) is 15.6. The van der Waals surface area contributed by atoms with Crippen LogP contribution in [-0.2, 0) is 0 Å². The Morgan fingerprint density at radius 1 is 1.14 bits per heavy atom. The van der Waals surface area contributed by atoms with Crippen molar-refractivity contribution in [3.63, 3.8) is 0 Å². The summed E-state index contributed by atoms with van der Waals surface area (Å²) in [7, 11) is 0. The van der Waals surface area contributed by atoms with Gasteiger partial charge in [0, 0.05) is 11.1 Å². The summed E-state index contributed by atoms with van der Waals surface area (Å²) in [6, 6.07) is 10.2. The summed E-state index contributed by atoms with van der Waals surface area (Å²) >= 11 is 0. The van der Waals surface area contributed by atoms with Gasteiger partial charge in [-0.05, 0) is 38.5 Å². The Morgan fingerprint density at radius 3 is 2.43 bits per heavy atom. The molecule has 0 saturated heterocycles. The Labute approximate surface area is 123 Å². The molecule has 1 unspecified atom stereocenters. The SMILES string of the molecule is Cc1cc(C)c([N+](=O)[O-])cc1Oc1ccccc1C(C)O. The van der Waals surface area contributed by atoms with E-state index in [0.29, 0.717) is 22.6 Å². The highest BCUT2D eigenvalue weighted by Crippen LogP contribution is 2.34. The van der Waals surface area contributed by atoms with E-state index >= 15 is 0 Å². The van der Waals surface area contributed by atoms with Crippen molar-refractivity contribution in [3.05, 3.63) is 63.2 Å². The predicted molar refractivity (Wildman–Crippen MR) is 79.7 cm³/mol. The van der Waals surface area contributed by atoms with Gasteiger partial charge in [-0.15, -0.1) is 0 Å².